The molecule has 0 fully saturated rings. The average Bonchev–Trinajstić information content (AvgIpc) is 2.87. The van der Waals surface area contributed by atoms with E-state index in [9.17, 15) is 0 Å². The number of guanidine groups is 1. The normalized spacial score (nSPS) is 11.3. The van der Waals surface area contributed by atoms with Crippen LogP contribution in [0.25, 0.3) is 0 Å². The number of allylic oxidation sites excluding steroid dienone is 1. The molecule has 0 saturated heterocycles. The zero-order valence-corrected chi connectivity index (χ0v) is 15.7. The largest absolute Gasteiger partial charge is 0.356 e. The summed E-state index contributed by atoms with van der Waals surface area (Å²) in [5.41, 5.74) is 1.03. The van der Waals surface area contributed by atoms with E-state index in [1.165, 1.54) is 0 Å². The highest BCUT2D eigenvalue weighted by Gasteiger charge is 2.04. The highest BCUT2D eigenvalue weighted by Crippen LogP contribution is 2.17. The maximum Gasteiger partial charge on any atom is 0.191 e. The lowest BCUT2D eigenvalue weighted by Crippen LogP contribution is -2.37. The molecule has 0 atom stereocenters. The number of anilines is 1. The van der Waals surface area contributed by atoms with Crippen LogP contribution in [0.5, 0.6) is 0 Å². The van der Waals surface area contributed by atoms with Gasteiger partial charge in [-0.05, 0) is 13.3 Å². The van der Waals surface area contributed by atoms with Gasteiger partial charge in [0.1, 0.15) is 0 Å². The van der Waals surface area contributed by atoms with Gasteiger partial charge in [-0.25, -0.2) is 4.98 Å². The minimum Gasteiger partial charge on any atom is -0.356 e. The summed E-state index contributed by atoms with van der Waals surface area (Å²) in [5, 5.41) is 9.60. The monoisotopic (exact) mass is 409 g/mol. The van der Waals surface area contributed by atoms with Gasteiger partial charge >= 0.3 is 0 Å². The van der Waals surface area contributed by atoms with Crippen molar-refractivity contribution < 1.29 is 0 Å². The molecule has 1 heterocycles. The van der Waals surface area contributed by atoms with E-state index in [-0.39, 0.29) is 24.0 Å². The van der Waals surface area contributed by atoms with Crippen LogP contribution in [0, 0.1) is 0 Å². The molecule has 0 aliphatic rings. The Labute approximate surface area is 142 Å². The van der Waals surface area contributed by atoms with Gasteiger partial charge in [-0.1, -0.05) is 12.2 Å². The fourth-order valence-electron chi connectivity index (χ4n) is 1.42. The van der Waals surface area contributed by atoms with Gasteiger partial charge in [-0.2, -0.15) is 0 Å². The minimum atomic E-state index is 0. The lowest BCUT2D eigenvalue weighted by molar-refractivity contribution is 0.793. The maximum atomic E-state index is 4.51. The fraction of sp³-hybridized carbons (Fsp3) is 0.538. The Morgan fingerprint density at radius 1 is 1.45 bits per heavy atom. The Morgan fingerprint density at radius 3 is 2.75 bits per heavy atom. The van der Waals surface area contributed by atoms with Crippen molar-refractivity contribution >= 4 is 46.4 Å². The zero-order chi connectivity index (χ0) is 14.1. The topological polar surface area (TPSA) is 52.6 Å². The quantitative estimate of drug-likeness (QED) is 0.249. The molecule has 1 aromatic rings. The summed E-state index contributed by atoms with van der Waals surface area (Å²) in [6, 6.07) is 0. The molecule has 20 heavy (non-hydrogen) atoms. The lowest BCUT2D eigenvalue weighted by atomic mass is 10.4. The highest BCUT2D eigenvalue weighted by molar-refractivity contribution is 14.0. The number of hydrogen-bond acceptors (Lipinski definition) is 4. The van der Waals surface area contributed by atoms with E-state index in [4.69, 9.17) is 0 Å². The van der Waals surface area contributed by atoms with Crippen molar-refractivity contribution in [2.24, 2.45) is 4.99 Å². The van der Waals surface area contributed by atoms with E-state index in [0.717, 1.165) is 29.8 Å². The lowest BCUT2D eigenvalue weighted by Gasteiger charge is -2.10. The van der Waals surface area contributed by atoms with Crippen LogP contribution in [0.15, 0.2) is 22.5 Å². The minimum absolute atomic E-state index is 0. The van der Waals surface area contributed by atoms with E-state index in [2.05, 4.69) is 38.1 Å². The SMILES string of the molecule is CC=CCCNC(=NC)NCc1csc(N(C)C)n1.I. The fourth-order valence-corrected chi connectivity index (χ4v) is 2.18. The van der Waals surface area contributed by atoms with Gasteiger partial charge in [-0.15, -0.1) is 35.3 Å². The molecule has 0 aliphatic heterocycles. The van der Waals surface area contributed by atoms with Crippen LogP contribution in [-0.2, 0) is 6.54 Å². The van der Waals surface area contributed by atoms with Crippen LogP contribution in [0.3, 0.4) is 0 Å². The second-order valence-corrected chi connectivity index (χ2v) is 5.06. The smallest absolute Gasteiger partial charge is 0.191 e. The number of aromatic nitrogens is 1. The molecule has 0 bridgehead atoms. The van der Waals surface area contributed by atoms with Crippen molar-refractivity contribution in [1.82, 2.24) is 15.6 Å². The Kier molecular flexibility index (Phi) is 10.4. The van der Waals surface area contributed by atoms with E-state index >= 15 is 0 Å². The first-order valence-electron chi connectivity index (χ1n) is 6.34. The van der Waals surface area contributed by atoms with Crippen LogP contribution >= 0.6 is 35.3 Å². The summed E-state index contributed by atoms with van der Waals surface area (Å²) in [7, 11) is 5.77. The van der Waals surface area contributed by atoms with Gasteiger partial charge in [0.2, 0.25) is 0 Å². The summed E-state index contributed by atoms with van der Waals surface area (Å²) >= 11 is 1.65. The van der Waals surface area contributed by atoms with Crippen LogP contribution in [0.4, 0.5) is 5.13 Å². The molecule has 0 saturated carbocycles. The maximum absolute atomic E-state index is 4.51. The molecular formula is C13H24IN5S. The van der Waals surface area contributed by atoms with Crippen LogP contribution in [0.2, 0.25) is 0 Å². The van der Waals surface area contributed by atoms with Crippen LogP contribution < -0.4 is 15.5 Å². The predicted octanol–water partition coefficient (Wildman–Crippen LogP) is 2.46. The first-order chi connectivity index (χ1) is 9.17. The molecule has 2 N–H and O–H groups in total. The summed E-state index contributed by atoms with van der Waals surface area (Å²) in [6.45, 7) is 3.59. The van der Waals surface area contributed by atoms with Crippen LogP contribution in [-0.4, -0.2) is 38.6 Å². The Morgan fingerprint density at radius 2 is 2.20 bits per heavy atom. The second kappa shape index (κ2) is 10.9. The van der Waals surface area contributed by atoms with E-state index < -0.39 is 0 Å². The second-order valence-electron chi connectivity index (χ2n) is 4.23. The molecule has 1 rings (SSSR count). The van der Waals surface area contributed by atoms with Crippen molar-refractivity contribution in [3.8, 4) is 0 Å². The Balaban J connectivity index is 0.00000361. The molecule has 0 amide bonds. The third-order valence-corrected chi connectivity index (χ3v) is 3.48. The third-order valence-electron chi connectivity index (χ3n) is 2.42. The Bertz CT molecular complexity index is 428. The van der Waals surface area contributed by atoms with Gasteiger partial charge in [0.25, 0.3) is 0 Å². The third kappa shape index (κ3) is 7.09. The first-order valence-corrected chi connectivity index (χ1v) is 7.22. The number of nitrogens with zero attached hydrogens (tertiary/aromatic N) is 3. The predicted molar refractivity (Wildman–Crippen MR) is 99.5 cm³/mol. The van der Waals surface area contributed by atoms with Gasteiger partial charge in [0.05, 0.1) is 12.2 Å². The van der Waals surface area contributed by atoms with Gasteiger partial charge in [-0.3, -0.25) is 4.99 Å². The summed E-state index contributed by atoms with van der Waals surface area (Å²) in [5.74, 6) is 0.809. The van der Waals surface area contributed by atoms with Crippen molar-refractivity contribution in [1.29, 1.82) is 0 Å². The molecule has 0 aliphatic carbocycles. The van der Waals surface area contributed by atoms with E-state index in [0.29, 0.717) is 6.54 Å². The molecule has 1 aromatic heterocycles. The number of thiazole rings is 1. The van der Waals surface area contributed by atoms with E-state index in [1.807, 2.05) is 25.9 Å². The molecule has 0 unspecified atom stereocenters. The van der Waals surface area contributed by atoms with Crippen LogP contribution in [0.1, 0.15) is 19.0 Å². The van der Waals surface area contributed by atoms with Gasteiger partial charge < -0.3 is 15.5 Å². The number of rotatable bonds is 6. The molecule has 5 nitrogen and oxygen atoms in total. The standard InChI is InChI=1S/C13H23N5S.HI/c1-5-6-7-8-15-12(14-2)16-9-11-10-19-13(17-11)18(3)4;/h5-6,10H,7-9H2,1-4H3,(H2,14,15,16);1H. The van der Waals surface area contributed by atoms with E-state index in [1.54, 1.807) is 18.4 Å². The molecule has 0 radical (unpaired) electrons. The average molecular weight is 409 g/mol. The first kappa shape index (κ1) is 19.2. The summed E-state index contributed by atoms with van der Waals surface area (Å²) in [4.78, 5) is 10.7. The van der Waals surface area contributed by atoms with Crippen molar-refractivity contribution in [3.63, 3.8) is 0 Å². The number of nitrogens with one attached hydrogen (secondary N) is 2. The molecule has 0 spiro atoms. The summed E-state index contributed by atoms with van der Waals surface area (Å²) < 4.78 is 0. The van der Waals surface area contributed by atoms with Gasteiger partial charge in [0, 0.05) is 33.1 Å². The molecular weight excluding hydrogens is 385 g/mol. The number of hydrogen-bond donors (Lipinski definition) is 2. The van der Waals surface area contributed by atoms with Gasteiger partial charge in [0.15, 0.2) is 11.1 Å². The van der Waals surface area contributed by atoms with Crippen molar-refractivity contribution in [2.45, 2.75) is 19.9 Å². The Hall–Kier alpha value is -0.830. The van der Waals surface area contributed by atoms with Crippen molar-refractivity contribution in [2.75, 3.05) is 32.6 Å². The number of aliphatic imine (C=N–C) groups is 1. The summed E-state index contributed by atoms with van der Waals surface area (Å²) in [6.07, 6.45) is 5.18. The molecule has 114 valence electrons. The van der Waals surface area contributed by atoms with Crippen molar-refractivity contribution in [3.05, 3.63) is 23.2 Å². The molecule has 0 aromatic carbocycles. The highest BCUT2D eigenvalue weighted by atomic mass is 127. The zero-order valence-electron chi connectivity index (χ0n) is 12.5. The molecule has 7 heteroatoms. The number of halogens is 1.